The molecule has 0 saturated heterocycles. The average molecular weight is 238 g/mol. The Labute approximate surface area is 79.5 Å². The third kappa shape index (κ3) is 14.7. The van der Waals surface area contributed by atoms with E-state index in [4.69, 9.17) is 13.0 Å². The Balaban J connectivity index is -0.000000173. The van der Waals surface area contributed by atoms with Crippen LogP contribution in [-0.4, -0.2) is 50.6 Å². The van der Waals surface area contributed by atoms with Gasteiger partial charge in [0.15, 0.2) is 0 Å². The zero-order valence-electron chi connectivity index (χ0n) is 7.31. The van der Waals surface area contributed by atoms with Gasteiger partial charge in [0.25, 0.3) is 0 Å². The van der Waals surface area contributed by atoms with Crippen LogP contribution in [0.4, 0.5) is 13.2 Å². The fraction of sp³-hybridized carbons (Fsp3) is 1.00. The molecular formula is C4H11F3NO3SSi+5. The summed E-state index contributed by atoms with van der Waals surface area (Å²) < 4.78 is 57.5. The molecule has 2 N–H and O–H groups in total. The van der Waals surface area contributed by atoms with Crippen LogP contribution in [0.2, 0.25) is 0 Å². The van der Waals surface area contributed by atoms with Crippen LogP contribution in [-0.2, 0) is 10.1 Å². The van der Waals surface area contributed by atoms with Gasteiger partial charge >= 0.3 is 26.6 Å². The second-order valence-corrected chi connectivity index (χ2v) is 3.83. The predicted octanol–water partition coefficient (Wildman–Crippen LogP) is -1.23. The van der Waals surface area contributed by atoms with Gasteiger partial charge in [0.1, 0.15) is 0 Å². The van der Waals surface area contributed by atoms with E-state index in [0.29, 0.717) is 0 Å². The second-order valence-electron chi connectivity index (χ2n) is 2.42. The number of quaternary nitrogens is 1. The SMILES string of the molecule is C[NH+](C)C.O=S(=O)(O)C(F)(F)F.[Si+4]. The molecule has 76 valence electrons. The van der Waals surface area contributed by atoms with E-state index in [1.54, 1.807) is 0 Å². The number of alkyl halides is 3. The first-order valence-electron chi connectivity index (χ1n) is 2.79. The van der Waals surface area contributed by atoms with Crippen LogP contribution in [0.15, 0.2) is 0 Å². The van der Waals surface area contributed by atoms with Crippen molar-refractivity contribution in [1.29, 1.82) is 0 Å². The Morgan fingerprint density at radius 2 is 1.23 bits per heavy atom. The first-order chi connectivity index (χ1) is 4.98. The topological polar surface area (TPSA) is 58.8 Å². The fourth-order valence-electron chi connectivity index (χ4n) is 0. The van der Waals surface area contributed by atoms with E-state index in [-0.39, 0.29) is 11.0 Å². The first kappa shape index (κ1) is 18.6. The second kappa shape index (κ2) is 6.35. The van der Waals surface area contributed by atoms with Crippen molar-refractivity contribution in [2.75, 3.05) is 21.1 Å². The molecule has 0 bridgehead atoms. The minimum Gasteiger partial charge on any atom is -0.342 e. The Hall–Kier alpha value is -0.123. The zero-order valence-corrected chi connectivity index (χ0v) is 9.12. The third-order valence-corrected chi connectivity index (χ3v) is 0.877. The summed E-state index contributed by atoms with van der Waals surface area (Å²) in [6, 6.07) is 0. The van der Waals surface area contributed by atoms with Crippen LogP contribution >= 0.6 is 0 Å². The largest absolute Gasteiger partial charge is 4.00 e. The molecule has 0 aliphatic carbocycles. The molecule has 9 heteroatoms. The van der Waals surface area contributed by atoms with Gasteiger partial charge in [0.2, 0.25) is 0 Å². The molecule has 0 aromatic carbocycles. The Morgan fingerprint density at radius 3 is 1.23 bits per heavy atom. The van der Waals surface area contributed by atoms with E-state index >= 15 is 0 Å². The number of hydrogen-bond donors (Lipinski definition) is 2. The molecule has 0 spiro atoms. The van der Waals surface area contributed by atoms with Crippen molar-refractivity contribution in [2.24, 2.45) is 0 Å². The van der Waals surface area contributed by atoms with Crippen LogP contribution in [0, 0.1) is 0 Å². The van der Waals surface area contributed by atoms with Crippen molar-refractivity contribution in [3.05, 3.63) is 0 Å². The molecule has 13 heavy (non-hydrogen) atoms. The molecule has 0 aliphatic rings. The van der Waals surface area contributed by atoms with E-state index in [1.807, 2.05) is 0 Å². The average Bonchev–Trinajstić information content (AvgIpc) is 1.55. The molecular weight excluding hydrogens is 227 g/mol. The summed E-state index contributed by atoms with van der Waals surface area (Å²) in [5, 5.41) is 0. The number of nitrogens with one attached hydrogen (secondary N) is 1. The Kier molecular flexibility index (Phi) is 9.09. The van der Waals surface area contributed by atoms with Gasteiger partial charge in [-0.1, -0.05) is 0 Å². The molecule has 0 saturated carbocycles. The van der Waals surface area contributed by atoms with E-state index in [9.17, 15) is 13.2 Å². The number of hydrogen-bond acceptors (Lipinski definition) is 2. The molecule has 0 aromatic rings. The van der Waals surface area contributed by atoms with E-state index in [0.717, 1.165) is 0 Å². The summed E-state index contributed by atoms with van der Waals surface area (Å²) in [4.78, 5) is 1.42. The van der Waals surface area contributed by atoms with Crippen molar-refractivity contribution < 1.29 is 31.0 Å². The number of rotatable bonds is 0. The van der Waals surface area contributed by atoms with E-state index in [2.05, 4.69) is 21.1 Å². The molecule has 0 amide bonds. The van der Waals surface area contributed by atoms with Crippen molar-refractivity contribution in [1.82, 2.24) is 0 Å². The van der Waals surface area contributed by atoms with Gasteiger partial charge in [-0.15, -0.1) is 0 Å². The van der Waals surface area contributed by atoms with Crippen molar-refractivity contribution in [2.45, 2.75) is 5.51 Å². The molecule has 0 rings (SSSR count). The molecule has 0 aliphatic heterocycles. The summed E-state index contributed by atoms with van der Waals surface area (Å²) in [5.74, 6) is 0. The number of halogens is 3. The fourth-order valence-corrected chi connectivity index (χ4v) is 0. The summed E-state index contributed by atoms with van der Waals surface area (Å²) in [6.07, 6.45) is 0. The predicted molar refractivity (Wildman–Crippen MR) is 42.1 cm³/mol. The van der Waals surface area contributed by atoms with Crippen molar-refractivity contribution in [3.8, 4) is 0 Å². The minimum atomic E-state index is -5.84. The maximum absolute atomic E-state index is 10.7. The van der Waals surface area contributed by atoms with Crippen LogP contribution in [0.1, 0.15) is 0 Å². The van der Waals surface area contributed by atoms with Crippen molar-refractivity contribution >= 4 is 21.1 Å². The summed E-state index contributed by atoms with van der Waals surface area (Å²) in [5.41, 5.74) is -5.53. The first-order valence-corrected chi connectivity index (χ1v) is 4.23. The van der Waals surface area contributed by atoms with Crippen LogP contribution in [0.5, 0.6) is 0 Å². The Morgan fingerprint density at radius 1 is 1.15 bits per heavy atom. The zero-order chi connectivity index (χ0) is 10.6. The van der Waals surface area contributed by atoms with Gasteiger partial charge in [-0.2, -0.15) is 21.6 Å². The van der Waals surface area contributed by atoms with Gasteiger partial charge in [0.05, 0.1) is 21.1 Å². The maximum Gasteiger partial charge on any atom is 4.00 e. The van der Waals surface area contributed by atoms with Gasteiger partial charge in [0, 0.05) is 0 Å². The standard InChI is InChI=1S/C3H9N.CHF3O3S.Si/c1-4(2)3;2-1(3,4)8(5,6)7;/h1-3H3;(H,5,6,7);/q;;+4/p+1. The van der Waals surface area contributed by atoms with E-state index < -0.39 is 15.6 Å². The van der Waals surface area contributed by atoms with Crippen LogP contribution in [0.25, 0.3) is 0 Å². The molecule has 0 heterocycles. The molecule has 0 unspecified atom stereocenters. The summed E-state index contributed by atoms with van der Waals surface area (Å²) in [6.45, 7) is 0. The van der Waals surface area contributed by atoms with Gasteiger partial charge in [-0.05, 0) is 0 Å². The summed E-state index contributed by atoms with van der Waals surface area (Å²) in [7, 11) is 0.410. The van der Waals surface area contributed by atoms with Crippen LogP contribution in [0.3, 0.4) is 0 Å². The molecule has 0 aromatic heterocycles. The molecule has 0 atom stereocenters. The molecule has 4 nitrogen and oxygen atoms in total. The third-order valence-electron chi connectivity index (χ3n) is 0.292. The quantitative estimate of drug-likeness (QED) is 0.316. The van der Waals surface area contributed by atoms with Crippen LogP contribution < -0.4 is 4.90 Å². The summed E-state index contributed by atoms with van der Waals surface area (Å²) >= 11 is 0. The van der Waals surface area contributed by atoms with Gasteiger partial charge in [-0.3, -0.25) is 4.55 Å². The monoisotopic (exact) mass is 238 g/mol. The van der Waals surface area contributed by atoms with Crippen molar-refractivity contribution in [3.63, 3.8) is 0 Å². The minimum absolute atomic E-state index is 0. The maximum atomic E-state index is 10.7. The smallest absolute Gasteiger partial charge is 0.342 e. The van der Waals surface area contributed by atoms with Gasteiger partial charge < -0.3 is 4.90 Å². The normalized spacial score (nSPS) is 11.4. The van der Waals surface area contributed by atoms with Gasteiger partial charge in [-0.25, -0.2) is 0 Å². The van der Waals surface area contributed by atoms with E-state index in [1.165, 1.54) is 4.90 Å². The molecule has 0 radical (unpaired) electrons. The Bertz CT molecular complexity index is 210. The molecule has 0 fully saturated rings.